The Labute approximate surface area is 148 Å². The van der Waals surface area contributed by atoms with E-state index in [0.717, 1.165) is 29.2 Å². The number of H-pyrrole nitrogens is 1. The molecule has 2 heterocycles. The summed E-state index contributed by atoms with van der Waals surface area (Å²) in [5, 5.41) is 11.6. The number of amides is 1. The lowest BCUT2D eigenvalue weighted by Crippen LogP contribution is -2.35. The van der Waals surface area contributed by atoms with E-state index in [9.17, 15) is 4.79 Å². The van der Waals surface area contributed by atoms with E-state index < -0.39 is 0 Å². The quantitative estimate of drug-likeness (QED) is 0.632. The molecule has 0 saturated carbocycles. The summed E-state index contributed by atoms with van der Waals surface area (Å²) in [6, 6.07) is 8.12. The molecule has 0 aliphatic rings. The Balaban J connectivity index is 1.48. The first kappa shape index (κ1) is 16.9. The number of aromatic nitrogens is 4. The predicted molar refractivity (Wildman–Crippen MR) is 97.4 cm³/mol. The zero-order chi connectivity index (χ0) is 16.9. The second-order valence-electron chi connectivity index (χ2n) is 5.45. The Morgan fingerprint density at radius 1 is 1.38 bits per heavy atom. The van der Waals surface area contributed by atoms with Crippen LogP contribution in [0.3, 0.4) is 0 Å². The first-order valence-corrected chi connectivity index (χ1v) is 9.62. The average molecular weight is 361 g/mol. The second-order valence-corrected chi connectivity index (χ2v) is 7.51. The van der Waals surface area contributed by atoms with Crippen molar-refractivity contribution >= 4 is 39.2 Å². The third-order valence-electron chi connectivity index (χ3n) is 3.40. The highest BCUT2D eigenvalue weighted by molar-refractivity contribution is 7.99. The van der Waals surface area contributed by atoms with Crippen molar-refractivity contribution in [3.05, 3.63) is 35.1 Å². The molecule has 0 saturated heterocycles. The van der Waals surface area contributed by atoms with Crippen molar-refractivity contribution in [3.63, 3.8) is 0 Å². The fourth-order valence-corrected chi connectivity index (χ4v) is 3.99. The van der Waals surface area contributed by atoms with Gasteiger partial charge in [-0.3, -0.25) is 9.89 Å². The molecule has 1 amide bonds. The summed E-state index contributed by atoms with van der Waals surface area (Å²) in [4.78, 5) is 20.9. The van der Waals surface area contributed by atoms with Crippen molar-refractivity contribution in [2.24, 2.45) is 0 Å². The third-order valence-corrected chi connectivity index (χ3v) is 5.31. The summed E-state index contributed by atoms with van der Waals surface area (Å²) in [5.41, 5.74) is 1.02. The van der Waals surface area contributed by atoms with Gasteiger partial charge in [-0.05, 0) is 19.1 Å². The monoisotopic (exact) mass is 361 g/mol. The molecule has 6 nitrogen and oxygen atoms in total. The van der Waals surface area contributed by atoms with Crippen LogP contribution in [0.1, 0.15) is 24.7 Å². The van der Waals surface area contributed by atoms with E-state index in [1.165, 1.54) is 16.5 Å². The molecule has 2 N–H and O–H groups in total. The van der Waals surface area contributed by atoms with E-state index in [4.69, 9.17) is 0 Å². The molecule has 0 aliphatic carbocycles. The van der Waals surface area contributed by atoms with Gasteiger partial charge >= 0.3 is 0 Å². The minimum atomic E-state index is -0.0172. The highest BCUT2D eigenvalue weighted by Crippen LogP contribution is 2.22. The topological polar surface area (TPSA) is 83.6 Å². The van der Waals surface area contributed by atoms with Gasteiger partial charge in [0.25, 0.3) is 0 Å². The molecular weight excluding hydrogens is 342 g/mol. The SMILES string of the molecule is CCc1nc(SCC(=O)NC(C)Cc2nc3ccccc3s2)n[nH]1. The Morgan fingerprint density at radius 3 is 2.96 bits per heavy atom. The number of benzene rings is 1. The highest BCUT2D eigenvalue weighted by Gasteiger charge is 2.12. The van der Waals surface area contributed by atoms with Gasteiger partial charge < -0.3 is 5.32 Å². The molecule has 0 bridgehead atoms. The molecule has 1 aromatic carbocycles. The fraction of sp³-hybridized carbons (Fsp3) is 0.375. The molecule has 24 heavy (non-hydrogen) atoms. The van der Waals surface area contributed by atoms with E-state index in [1.54, 1.807) is 11.3 Å². The van der Waals surface area contributed by atoms with E-state index in [1.807, 2.05) is 32.0 Å². The summed E-state index contributed by atoms with van der Waals surface area (Å²) in [6.45, 7) is 4.00. The van der Waals surface area contributed by atoms with Gasteiger partial charge in [-0.15, -0.1) is 16.4 Å². The molecule has 3 aromatic rings. The molecule has 3 rings (SSSR count). The Morgan fingerprint density at radius 2 is 2.21 bits per heavy atom. The smallest absolute Gasteiger partial charge is 0.230 e. The number of hydrogen-bond acceptors (Lipinski definition) is 6. The molecule has 0 radical (unpaired) electrons. The normalized spacial score (nSPS) is 12.4. The maximum Gasteiger partial charge on any atom is 0.230 e. The van der Waals surface area contributed by atoms with Crippen LogP contribution in [0.4, 0.5) is 0 Å². The number of nitrogens with one attached hydrogen (secondary N) is 2. The summed E-state index contributed by atoms with van der Waals surface area (Å²) in [6.07, 6.45) is 1.54. The third kappa shape index (κ3) is 4.33. The molecule has 0 fully saturated rings. The van der Waals surface area contributed by atoms with Crippen LogP contribution in [0.25, 0.3) is 10.2 Å². The molecule has 1 unspecified atom stereocenters. The zero-order valence-electron chi connectivity index (χ0n) is 13.6. The van der Waals surface area contributed by atoms with Gasteiger partial charge in [-0.2, -0.15) is 0 Å². The number of rotatable bonds is 7. The number of aromatic amines is 1. The van der Waals surface area contributed by atoms with Crippen molar-refractivity contribution in [3.8, 4) is 0 Å². The van der Waals surface area contributed by atoms with Gasteiger partial charge in [0.1, 0.15) is 5.82 Å². The molecule has 0 aliphatic heterocycles. The van der Waals surface area contributed by atoms with Crippen molar-refractivity contribution in [2.75, 3.05) is 5.75 Å². The van der Waals surface area contributed by atoms with Crippen molar-refractivity contribution in [1.29, 1.82) is 0 Å². The van der Waals surface area contributed by atoms with E-state index >= 15 is 0 Å². The summed E-state index contributed by atoms with van der Waals surface area (Å²) in [5.74, 6) is 1.13. The van der Waals surface area contributed by atoms with E-state index in [-0.39, 0.29) is 11.9 Å². The zero-order valence-corrected chi connectivity index (χ0v) is 15.2. The first-order valence-electron chi connectivity index (χ1n) is 7.82. The van der Waals surface area contributed by atoms with E-state index in [0.29, 0.717) is 10.9 Å². The minimum absolute atomic E-state index is 0.0172. The van der Waals surface area contributed by atoms with Crippen molar-refractivity contribution in [2.45, 2.75) is 37.9 Å². The van der Waals surface area contributed by atoms with Crippen LogP contribution in [0.2, 0.25) is 0 Å². The van der Waals surface area contributed by atoms with Gasteiger partial charge in [0.05, 0.1) is 21.0 Å². The number of nitrogens with zero attached hydrogens (tertiary/aromatic N) is 3. The number of hydrogen-bond donors (Lipinski definition) is 2. The van der Waals surface area contributed by atoms with E-state index in [2.05, 4.69) is 31.5 Å². The number of para-hydroxylation sites is 1. The Bertz CT molecular complexity index is 796. The van der Waals surface area contributed by atoms with Gasteiger partial charge in [-0.25, -0.2) is 9.97 Å². The standard InChI is InChI=1S/C16H19N5OS2/c1-3-13-19-16(21-20-13)23-9-14(22)17-10(2)8-15-18-11-6-4-5-7-12(11)24-15/h4-7,10H,3,8-9H2,1-2H3,(H,17,22)(H,19,20,21). The molecule has 8 heteroatoms. The lowest BCUT2D eigenvalue weighted by molar-refractivity contribution is -0.119. The summed E-state index contributed by atoms with van der Waals surface area (Å²) >= 11 is 3.01. The van der Waals surface area contributed by atoms with Crippen LogP contribution in [0.15, 0.2) is 29.4 Å². The molecule has 0 spiro atoms. The number of carbonyl (C=O) groups is 1. The van der Waals surface area contributed by atoms with Gasteiger partial charge in [-0.1, -0.05) is 30.8 Å². The van der Waals surface area contributed by atoms with Gasteiger partial charge in [0.15, 0.2) is 0 Å². The first-order chi connectivity index (χ1) is 11.6. The van der Waals surface area contributed by atoms with Crippen molar-refractivity contribution in [1.82, 2.24) is 25.5 Å². The van der Waals surface area contributed by atoms with Crippen LogP contribution >= 0.6 is 23.1 Å². The molecule has 1 atom stereocenters. The van der Waals surface area contributed by atoms with Crippen LogP contribution in [0, 0.1) is 0 Å². The molecule has 2 aromatic heterocycles. The predicted octanol–water partition coefficient (Wildman–Crippen LogP) is 2.82. The summed E-state index contributed by atoms with van der Waals surface area (Å²) in [7, 11) is 0. The minimum Gasteiger partial charge on any atom is -0.352 e. The number of carbonyl (C=O) groups excluding carboxylic acids is 1. The largest absolute Gasteiger partial charge is 0.352 e. The molecular formula is C16H19N5OS2. The highest BCUT2D eigenvalue weighted by atomic mass is 32.2. The molecule has 126 valence electrons. The maximum atomic E-state index is 12.1. The lowest BCUT2D eigenvalue weighted by atomic mass is 10.2. The fourth-order valence-electron chi connectivity index (χ4n) is 2.27. The Hall–Kier alpha value is -1.93. The van der Waals surface area contributed by atoms with Gasteiger partial charge in [0.2, 0.25) is 11.1 Å². The second kappa shape index (κ2) is 7.76. The van der Waals surface area contributed by atoms with Crippen LogP contribution in [-0.4, -0.2) is 37.9 Å². The summed E-state index contributed by atoms with van der Waals surface area (Å²) < 4.78 is 1.18. The average Bonchev–Trinajstić information content (AvgIpc) is 3.18. The van der Waals surface area contributed by atoms with Crippen molar-refractivity contribution < 1.29 is 4.79 Å². The number of aryl methyl sites for hydroxylation is 1. The van der Waals surface area contributed by atoms with Crippen LogP contribution in [-0.2, 0) is 17.6 Å². The number of thioether (sulfide) groups is 1. The number of fused-ring (bicyclic) bond motifs is 1. The maximum absolute atomic E-state index is 12.1. The van der Waals surface area contributed by atoms with Crippen LogP contribution < -0.4 is 5.32 Å². The van der Waals surface area contributed by atoms with Crippen LogP contribution in [0.5, 0.6) is 0 Å². The van der Waals surface area contributed by atoms with Gasteiger partial charge in [0, 0.05) is 18.9 Å². The number of thiazole rings is 1. The Kier molecular flexibility index (Phi) is 5.47. The lowest BCUT2D eigenvalue weighted by Gasteiger charge is -2.11.